The van der Waals surface area contributed by atoms with Gasteiger partial charge in [-0.05, 0) is 27.9 Å². The molecule has 0 radical (unpaired) electrons. The highest BCUT2D eigenvalue weighted by Gasteiger charge is 2.14. The molecule has 0 aliphatic carbocycles. The van der Waals surface area contributed by atoms with E-state index in [4.69, 9.17) is 5.11 Å². The van der Waals surface area contributed by atoms with Gasteiger partial charge in [-0.3, -0.25) is 4.79 Å². The van der Waals surface area contributed by atoms with Crippen LogP contribution in [0.3, 0.4) is 0 Å². The van der Waals surface area contributed by atoms with Crippen LogP contribution in [-0.4, -0.2) is 51.9 Å². The number of imidazole rings is 1. The molecule has 0 spiro atoms. The lowest BCUT2D eigenvalue weighted by atomic mass is 10.3. The molecule has 0 fully saturated rings. The molecule has 6 heteroatoms. The summed E-state index contributed by atoms with van der Waals surface area (Å²) in [7, 11) is 4.04. The molecule has 1 aromatic heterocycles. The first-order chi connectivity index (χ1) is 7.90. The number of hydrogen-bond donors (Lipinski definition) is 1. The number of carboxylic acid groups (broad SMARTS) is 1. The number of rotatable bonds is 6. The Bertz CT molecular complexity index is 390. The Hall–Kier alpha value is -1.01. The number of carbonyl (C=O) groups is 1. The number of aryl methyl sites for hydroxylation is 1. The zero-order chi connectivity index (χ0) is 13.0. The van der Waals surface area contributed by atoms with Gasteiger partial charge in [-0.25, -0.2) is 4.98 Å². The highest BCUT2D eigenvalue weighted by Crippen LogP contribution is 2.21. The lowest BCUT2D eigenvalue weighted by Crippen LogP contribution is -2.22. The summed E-state index contributed by atoms with van der Waals surface area (Å²) in [6, 6.07) is 0.280. The Morgan fingerprint density at radius 2 is 2.29 bits per heavy atom. The van der Waals surface area contributed by atoms with E-state index in [0.717, 1.165) is 17.4 Å². The highest BCUT2D eigenvalue weighted by molar-refractivity contribution is 7.99. The van der Waals surface area contributed by atoms with Crippen LogP contribution in [0.4, 0.5) is 0 Å². The molecule has 0 aliphatic rings. The van der Waals surface area contributed by atoms with E-state index in [0.29, 0.717) is 0 Å². The summed E-state index contributed by atoms with van der Waals surface area (Å²) >= 11 is 1.27. The van der Waals surface area contributed by atoms with Crippen molar-refractivity contribution in [1.82, 2.24) is 14.5 Å². The van der Waals surface area contributed by atoms with Crippen LogP contribution < -0.4 is 0 Å². The Morgan fingerprint density at radius 3 is 2.82 bits per heavy atom. The summed E-state index contributed by atoms with van der Waals surface area (Å²) in [4.78, 5) is 17.0. The Labute approximate surface area is 106 Å². The fraction of sp³-hybridized carbons (Fsp3) is 0.636. The van der Waals surface area contributed by atoms with E-state index < -0.39 is 5.97 Å². The summed E-state index contributed by atoms with van der Waals surface area (Å²) in [5.41, 5.74) is 0.920. The molecule has 1 atom stereocenters. The third kappa shape index (κ3) is 4.40. The minimum Gasteiger partial charge on any atom is -0.481 e. The summed E-state index contributed by atoms with van der Waals surface area (Å²) in [6.45, 7) is 4.92. The van der Waals surface area contributed by atoms with Gasteiger partial charge in [0.05, 0.1) is 11.4 Å². The zero-order valence-corrected chi connectivity index (χ0v) is 11.5. The third-order valence-corrected chi connectivity index (χ3v) is 3.20. The minimum absolute atomic E-state index is 0.0468. The van der Waals surface area contributed by atoms with Crippen LogP contribution in [-0.2, 0) is 4.79 Å². The average molecular weight is 257 g/mol. The van der Waals surface area contributed by atoms with Crippen LogP contribution in [0.15, 0.2) is 11.4 Å². The average Bonchev–Trinajstić information content (AvgIpc) is 2.55. The number of likely N-dealkylation sites (N-methyl/N-ethyl adjacent to an activating group) is 1. The van der Waals surface area contributed by atoms with Gasteiger partial charge in [0.15, 0.2) is 5.16 Å². The Morgan fingerprint density at radius 1 is 1.65 bits per heavy atom. The molecular formula is C11H19N3O2S. The molecule has 1 N–H and O–H groups in total. The summed E-state index contributed by atoms with van der Waals surface area (Å²) < 4.78 is 2.04. The molecule has 17 heavy (non-hydrogen) atoms. The van der Waals surface area contributed by atoms with E-state index >= 15 is 0 Å². The van der Waals surface area contributed by atoms with Gasteiger partial charge in [-0.2, -0.15) is 0 Å². The molecule has 1 aromatic rings. The maximum Gasteiger partial charge on any atom is 0.313 e. The third-order valence-electron chi connectivity index (χ3n) is 2.25. The lowest BCUT2D eigenvalue weighted by Gasteiger charge is -2.19. The summed E-state index contributed by atoms with van der Waals surface area (Å²) in [5.74, 6) is -0.770. The van der Waals surface area contributed by atoms with E-state index in [1.54, 1.807) is 0 Å². The molecular weight excluding hydrogens is 238 g/mol. The Balaban J connectivity index is 2.79. The van der Waals surface area contributed by atoms with Gasteiger partial charge in [0, 0.05) is 18.8 Å². The van der Waals surface area contributed by atoms with Crippen LogP contribution in [0.1, 0.15) is 18.7 Å². The van der Waals surface area contributed by atoms with E-state index in [1.165, 1.54) is 11.8 Å². The van der Waals surface area contributed by atoms with Crippen LogP contribution >= 0.6 is 11.8 Å². The lowest BCUT2D eigenvalue weighted by molar-refractivity contribution is -0.133. The maximum absolute atomic E-state index is 10.6. The fourth-order valence-corrected chi connectivity index (χ4v) is 2.50. The normalized spacial score (nSPS) is 13.0. The number of nitrogens with zero attached hydrogens (tertiary/aromatic N) is 3. The van der Waals surface area contributed by atoms with Crippen molar-refractivity contribution in [2.24, 2.45) is 0 Å². The van der Waals surface area contributed by atoms with Gasteiger partial charge in [-0.15, -0.1) is 0 Å². The van der Waals surface area contributed by atoms with Crippen molar-refractivity contribution in [1.29, 1.82) is 0 Å². The SMILES string of the molecule is Cc1cn(C(C)CN(C)C)c(SCC(=O)O)n1. The second-order valence-corrected chi connectivity index (χ2v) is 5.31. The van der Waals surface area contributed by atoms with Crippen molar-refractivity contribution in [2.75, 3.05) is 26.4 Å². The smallest absolute Gasteiger partial charge is 0.313 e. The first-order valence-electron chi connectivity index (χ1n) is 5.45. The Kier molecular flexibility index (Phi) is 5.02. The molecule has 5 nitrogen and oxygen atoms in total. The second kappa shape index (κ2) is 6.07. The second-order valence-electron chi connectivity index (χ2n) is 4.37. The van der Waals surface area contributed by atoms with Gasteiger partial charge >= 0.3 is 5.97 Å². The van der Waals surface area contributed by atoms with Crippen molar-refractivity contribution in [3.63, 3.8) is 0 Å². The van der Waals surface area contributed by atoms with E-state index in [1.807, 2.05) is 31.8 Å². The first kappa shape index (κ1) is 14.1. The highest BCUT2D eigenvalue weighted by atomic mass is 32.2. The van der Waals surface area contributed by atoms with Gasteiger partial charge in [0.1, 0.15) is 0 Å². The molecule has 96 valence electrons. The zero-order valence-electron chi connectivity index (χ0n) is 10.7. The standard InChI is InChI=1S/C11H19N3O2S/c1-8-5-14(9(2)6-13(3)4)11(12-8)17-7-10(15)16/h5,9H,6-7H2,1-4H3,(H,15,16). The number of carboxylic acids is 1. The largest absolute Gasteiger partial charge is 0.481 e. The number of thioether (sulfide) groups is 1. The maximum atomic E-state index is 10.6. The predicted octanol–water partition coefficient (Wildman–Crippen LogP) is 1.49. The molecule has 0 saturated heterocycles. The van der Waals surface area contributed by atoms with E-state index in [-0.39, 0.29) is 11.8 Å². The number of aromatic nitrogens is 2. The van der Waals surface area contributed by atoms with Crippen LogP contribution in [0.25, 0.3) is 0 Å². The van der Waals surface area contributed by atoms with E-state index in [2.05, 4.69) is 16.8 Å². The molecule has 0 aromatic carbocycles. The predicted molar refractivity (Wildman–Crippen MR) is 68.6 cm³/mol. The first-order valence-corrected chi connectivity index (χ1v) is 6.43. The van der Waals surface area contributed by atoms with Crippen LogP contribution in [0, 0.1) is 6.92 Å². The van der Waals surface area contributed by atoms with Crippen molar-refractivity contribution in [3.8, 4) is 0 Å². The van der Waals surface area contributed by atoms with Crippen LogP contribution in [0.5, 0.6) is 0 Å². The van der Waals surface area contributed by atoms with Crippen molar-refractivity contribution in [2.45, 2.75) is 25.0 Å². The van der Waals surface area contributed by atoms with Gasteiger partial charge in [0.25, 0.3) is 0 Å². The van der Waals surface area contributed by atoms with Crippen molar-refractivity contribution < 1.29 is 9.90 Å². The molecule has 1 heterocycles. The van der Waals surface area contributed by atoms with Gasteiger partial charge < -0.3 is 14.6 Å². The number of hydrogen-bond acceptors (Lipinski definition) is 4. The van der Waals surface area contributed by atoms with Gasteiger partial charge in [0.2, 0.25) is 0 Å². The summed E-state index contributed by atoms with van der Waals surface area (Å²) in [6.07, 6.45) is 1.97. The quantitative estimate of drug-likeness (QED) is 0.782. The molecule has 0 saturated carbocycles. The fourth-order valence-electron chi connectivity index (χ4n) is 1.66. The molecule has 1 unspecified atom stereocenters. The monoisotopic (exact) mass is 257 g/mol. The minimum atomic E-state index is -0.817. The molecule has 0 bridgehead atoms. The topological polar surface area (TPSA) is 58.4 Å². The van der Waals surface area contributed by atoms with Crippen LogP contribution in [0.2, 0.25) is 0 Å². The molecule has 1 rings (SSSR count). The molecule has 0 aliphatic heterocycles. The molecule has 0 amide bonds. The van der Waals surface area contributed by atoms with E-state index in [9.17, 15) is 4.79 Å². The van der Waals surface area contributed by atoms with Crippen molar-refractivity contribution >= 4 is 17.7 Å². The van der Waals surface area contributed by atoms with Crippen molar-refractivity contribution in [3.05, 3.63) is 11.9 Å². The summed E-state index contributed by atoms with van der Waals surface area (Å²) in [5, 5.41) is 9.47. The van der Waals surface area contributed by atoms with Gasteiger partial charge in [-0.1, -0.05) is 11.8 Å². The number of aliphatic carboxylic acids is 1.